The Morgan fingerprint density at radius 1 is 1.22 bits per heavy atom. The fraction of sp³-hybridized carbons (Fsp3) is 0.200. The first-order valence-electron chi connectivity index (χ1n) is 6.61. The molecule has 1 aromatic carbocycles. The molecule has 23 heavy (non-hydrogen) atoms. The maximum atomic E-state index is 12.1. The largest absolute Gasteiger partial charge is 0.402 e. The van der Waals surface area contributed by atoms with Crippen molar-refractivity contribution in [1.29, 1.82) is 0 Å². The number of aryl methyl sites for hydroxylation is 1. The standard InChI is InChI=1S/C15H12Cl2N2O4/c1-9(20)6-7-19-14(21)5-4-13(18-19)23-15(22)11-3-2-10(16)8-12(11)17/h2-5,8H,6-7H2,1H3. The fourth-order valence-corrected chi connectivity index (χ4v) is 2.20. The number of esters is 1. The summed E-state index contributed by atoms with van der Waals surface area (Å²) in [4.78, 5) is 34.7. The van der Waals surface area contributed by atoms with Gasteiger partial charge in [0.1, 0.15) is 5.78 Å². The molecule has 0 fully saturated rings. The topological polar surface area (TPSA) is 78.3 Å². The monoisotopic (exact) mass is 354 g/mol. The van der Waals surface area contributed by atoms with E-state index in [0.29, 0.717) is 5.02 Å². The normalized spacial score (nSPS) is 10.4. The van der Waals surface area contributed by atoms with Crippen LogP contribution in [0.1, 0.15) is 23.7 Å². The first-order valence-corrected chi connectivity index (χ1v) is 7.37. The number of aromatic nitrogens is 2. The van der Waals surface area contributed by atoms with Gasteiger partial charge in [0.05, 0.1) is 17.1 Å². The van der Waals surface area contributed by atoms with Crippen molar-refractivity contribution >= 4 is 35.0 Å². The van der Waals surface area contributed by atoms with E-state index in [9.17, 15) is 14.4 Å². The molecule has 0 saturated heterocycles. The number of ether oxygens (including phenoxy) is 1. The third-order valence-corrected chi connectivity index (χ3v) is 3.41. The lowest BCUT2D eigenvalue weighted by Gasteiger charge is -2.07. The molecule has 6 nitrogen and oxygen atoms in total. The Kier molecular flexibility index (Phi) is 5.52. The lowest BCUT2D eigenvalue weighted by molar-refractivity contribution is -0.117. The molecule has 0 spiro atoms. The summed E-state index contributed by atoms with van der Waals surface area (Å²) in [6.45, 7) is 1.53. The van der Waals surface area contributed by atoms with E-state index in [0.717, 1.165) is 4.68 Å². The second-order valence-electron chi connectivity index (χ2n) is 4.70. The molecule has 8 heteroatoms. The Morgan fingerprint density at radius 3 is 2.61 bits per heavy atom. The summed E-state index contributed by atoms with van der Waals surface area (Å²) in [6, 6.07) is 6.83. The molecular weight excluding hydrogens is 343 g/mol. The van der Waals surface area contributed by atoms with Crippen LogP contribution in [0.3, 0.4) is 0 Å². The number of nitrogens with zero attached hydrogens (tertiary/aromatic N) is 2. The minimum atomic E-state index is -0.726. The Balaban J connectivity index is 2.19. The highest BCUT2D eigenvalue weighted by atomic mass is 35.5. The maximum Gasteiger partial charge on any atom is 0.346 e. The van der Waals surface area contributed by atoms with Gasteiger partial charge in [0.25, 0.3) is 5.56 Å². The van der Waals surface area contributed by atoms with Crippen molar-refractivity contribution in [3.8, 4) is 5.88 Å². The molecule has 0 aliphatic rings. The quantitative estimate of drug-likeness (QED) is 0.771. The van der Waals surface area contributed by atoms with Gasteiger partial charge in [-0.2, -0.15) is 0 Å². The van der Waals surface area contributed by atoms with E-state index in [4.69, 9.17) is 27.9 Å². The highest BCUT2D eigenvalue weighted by Gasteiger charge is 2.14. The van der Waals surface area contributed by atoms with Gasteiger partial charge < -0.3 is 4.74 Å². The molecule has 0 aliphatic carbocycles. The predicted molar refractivity (Wildman–Crippen MR) is 85.2 cm³/mol. The van der Waals surface area contributed by atoms with Crippen LogP contribution in [0.4, 0.5) is 0 Å². The summed E-state index contributed by atoms with van der Waals surface area (Å²) in [5.74, 6) is -0.867. The van der Waals surface area contributed by atoms with E-state index in [1.807, 2.05) is 0 Å². The third-order valence-electron chi connectivity index (χ3n) is 2.87. The number of carbonyl (C=O) groups is 2. The van der Waals surface area contributed by atoms with Crippen molar-refractivity contribution in [2.45, 2.75) is 19.9 Å². The van der Waals surface area contributed by atoms with Gasteiger partial charge in [0.2, 0.25) is 5.88 Å². The number of hydrogen-bond acceptors (Lipinski definition) is 5. The van der Waals surface area contributed by atoms with E-state index in [2.05, 4.69) is 5.10 Å². The summed E-state index contributed by atoms with van der Waals surface area (Å²) in [6.07, 6.45) is 0.160. The molecule has 0 unspecified atom stereocenters. The van der Waals surface area contributed by atoms with Crippen LogP contribution < -0.4 is 10.3 Å². The summed E-state index contributed by atoms with van der Waals surface area (Å²) in [5.41, 5.74) is -0.269. The van der Waals surface area contributed by atoms with Gasteiger partial charge in [-0.3, -0.25) is 9.59 Å². The Bertz CT molecular complexity index is 817. The number of ketones is 1. The van der Waals surface area contributed by atoms with Crippen LogP contribution in [0.5, 0.6) is 5.88 Å². The Labute approximate surface area is 141 Å². The van der Waals surface area contributed by atoms with Crippen LogP contribution in [-0.2, 0) is 11.3 Å². The summed E-state index contributed by atoms with van der Waals surface area (Å²) in [5, 5.41) is 4.43. The first-order chi connectivity index (χ1) is 10.9. The van der Waals surface area contributed by atoms with E-state index in [-0.39, 0.29) is 35.2 Å². The van der Waals surface area contributed by atoms with Gasteiger partial charge >= 0.3 is 5.97 Å². The Hall–Kier alpha value is -2.18. The molecule has 0 saturated carbocycles. The second-order valence-corrected chi connectivity index (χ2v) is 5.54. The number of rotatable bonds is 5. The number of benzene rings is 1. The molecule has 2 rings (SSSR count). The molecule has 0 radical (unpaired) electrons. The molecule has 0 bridgehead atoms. The number of carbonyl (C=O) groups excluding carboxylic acids is 2. The highest BCUT2D eigenvalue weighted by Crippen LogP contribution is 2.22. The molecule has 0 atom stereocenters. The number of Topliss-reactive ketones (excluding diaryl/α,β-unsaturated/α-hetero) is 1. The number of halogens is 2. The molecule has 1 aromatic heterocycles. The average molecular weight is 355 g/mol. The van der Waals surface area contributed by atoms with Crippen LogP contribution in [-0.4, -0.2) is 21.5 Å². The van der Waals surface area contributed by atoms with Crippen LogP contribution >= 0.6 is 23.2 Å². The van der Waals surface area contributed by atoms with Gasteiger partial charge in [-0.1, -0.05) is 23.2 Å². The molecular formula is C15H12Cl2N2O4. The van der Waals surface area contributed by atoms with Gasteiger partial charge in [0, 0.05) is 23.6 Å². The van der Waals surface area contributed by atoms with Gasteiger partial charge in [-0.05, 0) is 25.1 Å². The average Bonchev–Trinajstić information content (AvgIpc) is 2.47. The highest BCUT2D eigenvalue weighted by molar-refractivity contribution is 6.36. The van der Waals surface area contributed by atoms with Crippen LogP contribution in [0.2, 0.25) is 10.0 Å². The molecule has 0 N–H and O–H groups in total. The van der Waals surface area contributed by atoms with Crippen LogP contribution in [0.15, 0.2) is 35.1 Å². The van der Waals surface area contributed by atoms with Crippen molar-refractivity contribution in [3.05, 3.63) is 56.3 Å². The van der Waals surface area contributed by atoms with E-state index < -0.39 is 11.5 Å². The van der Waals surface area contributed by atoms with Crippen molar-refractivity contribution in [2.75, 3.05) is 0 Å². The van der Waals surface area contributed by atoms with Crippen molar-refractivity contribution < 1.29 is 14.3 Å². The van der Waals surface area contributed by atoms with Crippen LogP contribution in [0.25, 0.3) is 0 Å². The zero-order valence-electron chi connectivity index (χ0n) is 12.1. The van der Waals surface area contributed by atoms with Crippen LogP contribution in [0, 0.1) is 0 Å². The van der Waals surface area contributed by atoms with Crippen molar-refractivity contribution in [3.63, 3.8) is 0 Å². The van der Waals surface area contributed by atoms with Gasteiger partial charge in [-0.25, -0.2) is 9.48 Å². The van der Waals surface area contributed by atoms with E-state index >= 15 is 0 Å². The minimum Gasteiger partial charge on any atom is -0.402 e. The third kappa shape index (κ3) is 4.64. The first kappa shape index (κ1) is 17.2. The Morgan fingerprint density at radius 2 is 1.96 bits per heavy atom. The maximum absolute atomic E-state index is 12.1. The number of hydrogen-bond donors (Lipinski definition) is 0. The lowest BCUT2D eigenvalue weighted by atomic mass is 10.2. The van der Waals surface area contributed by atoms with E-state index in [1.165, 1.54) is 37.3 Å². The van der Waals surface area contributed by atoms with E-state index in [1.54, 1.807) is 0 Å². The summed E-state index contributed by atoms with van der Waals surface area (Å²) < 4.78 is 6.16. The predicted octanol–water partition coefficient (Wildman–Crippen LogP) is 2.75. The zero-order valence-corrected chi connectivity index (χ0v) is 13.6. The molecule has 120 valence electrons. The molecule has 0 amide bonds. The summed E-state index contributed by atoms with van der Waals surface area (Å²) >= 11 is 11.7. The molecule has 1 heterocycles. The smallest absolute Gasteiger partial charge is 0.346 e. The van der Waals surface area contributed by atoms with Gasteiger partial charge in [-0.15, -0.1) is 5.10 Å². The lowest BCUT2D eigenvalue weighted by Crippen LogP contribution is -2.24. The van der Waals surface area contributed by atoms with Crippen molar-refractivity contribution in [1.82, 2.24) is 9.78 Å². The zero-order chi connectivity index (χ0) is 17.0. The summed E-state index contributed by atoms with van der Waals surface area (Å²) in [7, 11) is 0. The minimum absolute atomic E-state index is 0.0656. The van der Waals surface area contributed by atoms with Crippen molar-refractivity contribution in [2.24, 2.45) is 0 Å². The fourth-order valence-electron chi connectivity index (χ4n) is 1.71. The SMILES string of the molecule is CC(=O)CCn1nc(OC(=O)c2ccc(Cl)cc2Cl)ccc1=O. The molecule has 2 aromatic rings. The van der Waals surface area contributed by atoms with Gasteiger partial charge in [0.15, 0.2) is 0 Å². The second kappa shape index (κ2) is 7.39. The molecule has 0 aliphatic heterocycles.